The van der Waals surface area contributed by atoms with Crippen LogP contribution in [0.15, 0.2) is 18.2 Å². The van der Waals surface area contributed by atoms with Crippen LogP contribution in [-0.4, -0.2) is 65.5 Å². The number of ether oxygens (including phenoxy) is 1. The lowest BCUT2D eigenvalue weighted by Gasteiger charge is -2.25. The van der Waals surface area contributed by atoms with Crippen LogP contribution in [0.5, 0.6) is 0 Å². The molecule has 0 fully saturated rings. The molecule has 1 aromatic heterocycles. The second-order valence-corrected chi connectivity index (χ2v) is 8.46. The lowest BCUT2D eigenvalue weighted by molar-refractivity contribution is -0.110. The second-order valence-electron chi connectivity index (χ2n) is 8.46. The number of aromatic amines is 1. The van der Waals surface area contributed by atoms with Gasteiger partial charge in [-0.15, -0.1) is 0 Å². The molecule has 0 spiro atoms. The molecule has 3 rings (SSSR count). The molecule has 0 bridgehead atoms. The van der Waals surface area contributed by atoms with Crippen molar-refractivity contribution in [2.75, 3.05) is 38.1 Å². The number of aromatic nitrogens is 1. The number of nitrogens with zero attached hydrogens (tertiary/aromatic N) is 2. The van der Waals surface area contributed by atoms with Gasteiger partial charge < -0.3 is 19.9 Å². The van der Waals surface area contributed by atoms with Crippen molar-refractivity contribution in [1.29, 1.82) is 0 Å². The molecule has 1 aliphatic heterocycles. The number of likely N-dealkylation sites (N-methyl/N-ethyl adjacent to an activating group) is 1. The summed E-state index contributed by atoms with van der Waals surface area (Å²) in [5.41, 5.74) is 3.33. The predicted octanol–water partition coefficient (Wildman–Crippen LogP) is 4.59. The highest BCUT2D eigenvalue weighted by atomic mass is 19.1. The van der Waals surface area contributed by atoms with Crippen molar-refractivity contribution in [2.45, 2.75) is 41.0 Å². The van der Waals surface area contributed by atoms with Crippen molar-refractivity contribution in [3.63, 3.8) is 0 Å². The first kappa shape index (κ1) is 26.2. The molecule has 0 aliphatic carbocycles. The fraction of sp³-hybridized carbons (Fsp3) is 0.423. The van der Waals surface area contributed by atoms with Gasteiger partial charge in [-0.25, -0.2) is 14.1 Å². The average molecular weight is 485 g/mol. The van der Waals surface area contributed by atoms with Crippen LogP contribution in [0, 0.1) is 19.7 Å². The van der Waals surface area contributed by atoms with Crippen molar-refractivity contribution in [2.24, 2.45) is 0 Å². The Balaban J connectivity index is 1.95. The SMILES string of the molecule is CCCOC(=O)N(CCN(CC)CC)C(=O)c1c(C)[nH]c(/C=C2\C(=O)Nc3ccc(F)cc32)c1C. The van der Waals surface area contributed by atoms with Gasteiger partial charge in [0.25, 0.3) is 11.8 Å². The first-order valence-electron chi connectivity index (χ1n) is 11.9. The fourth-order valence-corrected chi connectivity index (χ4v) is 4.15. The van der Waals surface area contributed by atoms with E-state index in [9.17, 15) is 18.8 Å². The summed E-state index contributed by atoms with van der Waals surface area (Å²) >= 11 is 0. The molecular weight excluding hydrogens is 451 g/mol. The van der Waals surface area contributed by atoms with E-state index in [2.05, 4.69) is 15.2 Å². The summed E-state index contributed by atoms with van der Waals surface area (Å²) in [5, 5.41) is 2.72. The van der Waals surface area contributed by atoms with E-state index in [1.54, 1.807) is 19.9 Å². The van der Waals surface area contributed by atoms with E-state index in [0.717, 1.165) is 18.0 Å². The van der Waals surface area contributed by atoms with E-state index >= 15 is 0 Å². The maximum absolute atomic E-state index is 13.8. The number of fused-ring (bicyclic) bond motifs is 1. The standard InChI is InChI=1S/C26H33FN4O4/c1-6-13-35-26(34)31(12-11-30(7-2)8-3)25(33)23-16(4)22(28-17(23)5)15-20-19-14-18(27)9-10-21(19)29-24(20)32/h9-10,14-15,28H,6-8,11-13H2,1-5H3,(H,29,32)/b20-15-. The fourth-order valence-electron chi connectivity index (χ4n) is 4.15. The Labute approximate surface area is 205 Å². The van der Waals surface area contributed by atoms with E-state index in [4.69, 9.17) is 4.74 Å². The monoisotopic (exact) mass is 484 g/mol. The normalized spacial score (nSPS) is 13.8. The Morgan fingerprint density at radius 1 is 1.11 bits per heavy atom. The number of aryl methyl sites for hydroxylation is 1. The molecular formula is C26H33FN4O4. The number of amides is 3. The molecule has 2 aromatic rings. The van der Waals surface area contributed by atoms with Crippen molar-refractivity contribution in [3.05, 3.63) is 52.1 Å². The molecule has 9 heteroatoms. The smallest absolute Gasteiger partial charge is 0.416 e. The van der Waals surface area contributed by atoms with Crippen LogP contribution in [0.2, 0.25) is 0 Å². The zero-order valence-corrected chi connectivity index (χ0v) is 21.0. The highest BCUT2D eigenvalue weighted by Gasteiger charge is 2.30. The molecule has 3 amide bonds. The van der Waals surface area contributed by atoms with E-state index in [0.29, 0.717) is 52.3 Å². The number of halogens is 1. The first-order valence-corrected chi connectivity index (χ1v) is 11.9. The van der Waals surface area contributed by atoms with Gasteiger partial charge in [0.2, 0.25) is 0 Å². The summed E-state index contributed by atoms with van der Waals surface area (Å²) in [4.78, 5) is 45.3. The number of H-pyrrole nitrogens is 1. The molecule has 1 aliphatic rings. The molecule has 0 saturated heterocycles. The quantitative estimate of drug-likeness (QED) is 0.508. The van der Waals surface area contributed by atoms with Gasteiger partial charge in [-0.3, -0.25) is 9.59 Å². The summed E-state index contributed by atoms with van der Waals surface area (Å²) in [5.74, 6) is -1.26. The van der Waals surface area contributed by atoms with Gasteiger partial charge in [-0.1, -0.05) is 20.8 Å². The molecule has 0 atom stereocenters. The van der Waals surface area contributed by atoms with Gasteiger partial charge in [-0.05, 0) is 63.2 Å². The highest BCUT2D eigenvalue weighted by Crippen LogP contribution is 2.34. The third-order valence-corrected chi connectivity index (χ3v) is 6.17. The molecule has 0 saturated carbocycles. The van der Waals surface area contributed by atoms with Gasteiger partial charge in [0, 0.05) is 35.7 Å². The van der Waals surface area contributed by atoms with Crippen LogP contribution < -0.4 is 5.32 Å². The molecule has 2 heterocycles. The number of hydrogen-bond donors (Lipinski definition) is 2. The highest BCUT2D eigenvalue weighted by molar-refractivity contribution is 6.35. The number of benzene rings is 1. The number of carbonyl (C=O) groups is 3. The minimum Gasteiger partial charge on any atom is -0.449 e. The van der Waals surface area contributed by atoms with Crippen LogP contribution in [0.25, 0.3) is 11.6 Å². The Kier molecular flexibility index (Phi) is 8.45. The molecule has 35 heavy (non-hydrogen) atoms. The number of hydrogen-bond acceptors (Lipinski definition) is 5. The number of nitrogens with one attached hydrogen (secondary N) is 2. The summed E-state index contributed by atoms with van der Waals surface area (Å²) in [6.07, 6.45) is 1.58. The topological polar surface area (TPSA) is 94.7 Å². The number of carbonyl (C=O) groups excluding carboxylic acids is 3. The van der Waals surface area contributed by atoms with Crippen molar-refractivity contribution in [1.82, 2.24) is 14.8 Å². The van der Waals surface area contributed by atoms with E-state index in [1.807, 2.05) is 20.8 Å². The molecule has 0 radical (unpaired) electrons. The summed E-state index contributed by atoms with van der Waals surface area (Å²) in [6.45, 7) is 12.0. The number of imide groups is 1. The lowest BCUT2D eigenvalue weighted by Crippen LogP contribution is -2.43. The number of rotatable bonds is 9. The van der Waals surface area contributed by atoms with Crippen LogP contribution in [0.1, 0.15) is 60.1 Å². The minimum atomic E-state index is -0.677. The van der Waals surface area contributed by atoms with E-state index < -0.39 is 17.8 Å². The average Bonchev–Trinajstić information content (AvgIpc) is 3.29. The largest absolute Gasteiger partial charge is 0.449 e. The first-order chi connectivity index (χ1) is 16.7. The molecule has 8 nitrogen and oxygen atoms in total. The van der Waals surface area contributed by atoms with E-state index in [1.165, 1.54) is 18.2 Å². The Bertz CT molecular complexity index is 1150. The predicted molar refractivity (Wildman–Crippen MR) is 134 cm³/mol. The molecule has 188 valence electrons. The zero-order valence-electron chi connectivity index (χ0n) is 21.0. The van der Waals surface area contributed by atoms with E-state index in [-0.39, 0.29) is 19.1 Å². The molecule has 2 N–H and O–H groups in total. The zero-order chi connectivity index (χ0) is 25.7. The van der Waals surface area contributed by atoms with Gasteiger partial charge >= 0.3 is 6.09 Å². The Hall–Kier alpha value is -3.46. The van der Waals surface area contributed by atoms with Gasteiger partial charge in [-0.2, -0.15) is 0 Å². The van der Waals surface area contributed by atoms with Gasteiger partial charge in [0.1, 0.15) is 5.82 Å². The minimum absolute atomic E-state index is 0.193. The van der Waals surface area contributed by atoms with Gasteiger partial charge in [0.05, 0.1) is 17.7 Å². The van der Waals surface area contributed by atoms with Crippen LogP contribution in [0.3, 0.4) is 0 Å². The van der Waals surface area contributed by atoms with Crippen LogP contribution in [0.4, 0.5) is 14.9 Å². The molecule has 1 aromatic carbocycles. The summed E-state index contributed by atoms with van der Waals surface area (Å²) in [7, 11) is 0. The Morgan fingerprint density at radius 2 is 1.83 bits per heavy atom. The van der Waals surface area contributed by atoms with Crippen molar-refractivity contribution < 1.29 is 23.5 Å². The second kappa shape index (κ2) is 11.3. The maximum Gasteiger partial charge on any atom is 0.416 e. The van der Waals surface area contributed by atoms with Gasteiger partial charge in [0.15, 0.2) is 0 Å². The lowest BCUT2D eigenvalue weighted by atomic mass is 10.0. The third kappa shape index (κ3) is 5.62. The third-order valence-electron chi connectivity index (χ3n) is 6.17. The van der Waals surface area contributed by atoms with Crippen LogP contribution in [-0.2, 0) is 9.53 Å². The van der Waals surface area contributed by atoms with Crippen molar-refractivity contribution >= 4 is 35.2 Å². The number of anilines is 1. The van der Waals surface area contributed by atoms with Crippen LogP contribution >= 0.6 is 0 Å². The Morgan fingerprint density at radius 3 is 2.49 bits per heavy atom. The molecule has 0 unspecified atom stereocenters. The van der Waals surface area contributed by atoms with Crippen molar-refractivity contribution in [3.8, 4) is 0 Å². The summed E-state index contributed by atoms with van der Waals surface area (Å²) < 4.78 is 19.1. The summed E-state index contributed by atoms with van der Waals surface area (Å²) in [6, 6.07) is 4.10. The maximum atomic E-state index is 13.8.